The van der Waals surface area contributed by atoms with Gasteiger partial charge in [0.25, 0.3) is 0 Å². The molecule has 2 heterocycles. The SMILES string of the molecule is COCc1cn(C[C@H]2CCCN(Cc3ccc(F)cc3)C2)nn1. The zero-order chi connectivity index (χ0) is 16.1. The molecule has 2 aromatic rings. The highest BCUT2D eigenvalue weighted by Gasteiger charge is 2.21. The highest BCUT2D eigenvalue weighted by atomic mass is 19.1. The number of methoxy groups -OCH3 is 1. The Balaban J connectivity index is 1.54. The molecular weight excluding hydrogens is 295 g/mol. The average Bonchev–Trinajstić information content (AvgIpc) is 2.98. The molecule has 5 nitrogen and oxygen atoms in total. The highest BCUT2D eigenvalue weighted by molar-refractivity contribution is 5.15. The monoisotopic (exact) mass is 318 g/mol. The summed E-state index contributed by atoms with van der Waals surface area (Å²) < 4.78 is 20.0. The first-order chi connectivity index (χ1) is 11.2. The molecular formula is C17H23FN4O. The van der Waals surface area contributed by atoms with Crippen LogP contribution in [0.4, 0.5) is 4.39 Å². The van der Waals surface area contributed by atoms with Crippen molar-refractivity contribution in [2.24, 2.45) is 5.92 Å². The molecule has 3 rings (SSSR count). The van der Waals surface area contributed by atoms with Crippen molar-refractivity contribution in [3.8, 4) is 0 Å². The fraction of sp³-hybridized carbons (Fsp3) is 0.529. The molecule has 0 amide bonds. The number of hydrogen-bond donors (Lipinski definition) is 0. The fourth-order valence-corrected chi connectivity index (χ4v) is 3.20. The molecule has 0 bridgehead atoms. The maximum Gasteiger partial charge on any atom is 0.123 e. The van der Waals surface area contributed by atoms with Gasteiger partial charge in [-0.3, -0.25) is 9.58 Å². The molecule has 0 aliphatic carbocycles. The lowest BCUT2D eigenvalue weighted by atomic mass is 9.97. The lowest BCUT2D eigenvalue weighted by Crippen LogP contribution is -2.36. The lowest BCUT2D eigenvalue weighted by Gasteiger charge is -2.32. The largest absolute Gasteiger partial charge is 0.378 e. The number of aromatic nitrogens is 3. The number of rotatable bonds is 6. The third-order valence-electron chi connectivity index (χ3n) is 4.25. The number of nitrogens with zero attached hydrogens (tertiary/aromatic N) is 4. The van der Waals surface area contributed by atoms with E-state index < -0.39 is 0 Å². The summed E-state index contributed by atoms with van der Waals surface area (Å²) in [6.45, 7) is 4.40. The third-order valence-corrected chi connectivity index (χ3v) is 4.25. The second-order valence-corrected chi connectivity index (χ2v) is 6.23. The van der Waals surface area contributed by atoms with Crippen LogP contribution in [0.5, 0.6) is 0 Å². The van der Waals surface area contributed by atoms with E-state index >= 15 is 0 Å². The molecule has 6 heteroatoms. The second-order valence-electron chi connectivity index (χ2n) is 6.23. The van der Waals surface area contributed by atoms with E-state index in [-0.39, 0.29) is 5.82 Å². The van der Waals surface area contributed by atoms with Gasteiger partial charge >= 0.3 is 0 Å². The summed E-state index contributed by atoms with van der Waals surface area (Å²) in [7, 11) is 1.66. The molecule has 1 aliphatic rings. The predicted octanol–water partition coefficient (Wildman–Crippen LogP) is 2.48. The van der Waals surface area contributed by atoms with Gasteiger partial charge in [-0.05, 0) is 43.0 Å². The quantitative estimate of drug-likeness (QED) is 0.821. The Morgan fingerprint density at radius 2 is 2.13 bits per heavy atom. The molecule has 23 heavy (non-hydrogen) atoms. The molecule has 1 aromatic heterocycles. The predicted molar refractivity (Wildman–Crippen MR) is 85.1 cm³/mol. The van der Waals surface area contributed by atoms with Crippen molar-refractivity contribution in [2.75, 3.05) is 20.2 Å². The van der Waals surface area contributed by atoms with Crippen molar-refractivity contribution >= 4 is 0 Å². The van der Waals surface area contributed by atoms with E-state index in [1.54, 1.807) is 7.11 Å². The van der Waals surface area contributed by atoms with Crippen LogP contribution in [0.3, 0.4) is 0 Å². The van der Waals surface area contributed by atoms with Crippen LogP contribution in [-0.4, -0.2) is 40.1 Å². The van der Waals surface area contributed by atoms with Crippen LogP contribution in [0.1, 0.15) is 24.1 Å². The van der Waals surface area contributed by atoms with Gasteiger partial charge in [0.2, 0.25) is 0 Å². The van der Waals surface area contributed by atoms with Crippen LogP contribution >= 0.6 is 0 Å². The summed E-state index contributed by atoms with van der Waals surface area (Å²) in [6, 6.07) is 6.80. The van der Waals surface area contributed by atoms with Crippen molar-refractivity contribution in [1.29, 1.82) is 0 Å². The first kappa shape index (κ1) is 16.1. The van der Waals surface area contributed by atoms with Gasteiger partial charge in [-0.15, -0.1) is 5.10 Å². The Labute approximate surface area is 136 Å². The normalized spacial score (nSPS) is 19.1. The van der Waals surface area contributed by atoms with Gasteiger partial charge in [0, 0.05) is 26.7 Å². The van der Waals surface area contributed by atoms with Crippen molar-refractivity contribution < 1.29 is 9.13 Å². The number of ether oxygens (including phenoxy) is 1. The van der Waals surface area contributed by atoms with E-state index in [1.807, 2.05) is 23.0 Å². The summed E-state index contributed by atoms with van der Waals surface area (Å²) in [5, 5.41) is 8.28. The topological polar surface area (TPSA) is 43.2 Å². The number of halogens is 1. The maximum atomic E-state index is 13.0. The van der Waals surface area contributed by atoms with Crippen LogP contribution in [-0.2, 0) is 24.4 Å². The standard InChI is InChI=1S/C17H23FN4O/c1-23-13-17-12-22(20-19-17)11-15-3-2-8-21(10-15)9-14-4-6-16(18)7-5-14/h4-7,12,15H,2-3,8-11,13H2,1H3/t15-/m0/s1. The van der Waals surface area contributed by atoms with Crippen molar-refractivity contribution in [1.82, 2.24) is 19.9 Å². The van der Waals surface area contributed by atoms with E-state index in [4.69, 9.17) is 4.74 Å². The Morgan fingerprint density at radius 3 is 2.91 bits per heavy atom. The number of benzene rings is 1. The summed E-state index contributed by atoms with van der Waals surface area (Å²) >= 11 is 0. The molecule has 0 N–H and O–H groups in total. The zero-order valence-corrected chi connectivity index (χ0v) is 13.5. The van der Waals surface area contributed by atoms with Gasteiger partial charge in [0.1, 0.15) is 11.5 Å². The Bertz CT molecular complexity index is 613. The van der Waals surface area contributed by atoms with Crippen LogP contribution < -0.4 is 0 Å². The van der Waals surface area contributed by atoms with Crippen LogP contribution in [0.25, 0.3) is 0 Å². The minimum Gasteiger partial charge on any atom is -0.378 e. The Morgan fingerprint density at radius 1 is 1.30 bits per heavy atom. The zero-order valence-electron chi connectivity index (χ0n) is 13.5. The molecule has 124 valence electrons. The fourth-order valence-electron chi connectivity index (χ4n) is 3.20. The van der Waals surface area contributed by atoms with Crippen molar-refractivity contribution in [2.45, 2.75) is 32.5 Å². The summed E-state index contributed by atoms with van der Waals surface area (Å²) in [5.41, 5.74) is 2.03. The van der Waals surface area contributed by atoms with Crippen molar-refractivity contribution in [3.05, 3.63) is 47.5 Å². The molecule has 1 aromatic carbocycles. The van der Waals surface area contributed by atoms with Gasteiger partial charge in [0.15, 0.2) is 0 Å². The average molecular weight is 318 g/mol. The number of piperidine rings is 1. The Hall–Kier alpha value is -1.79. The van der Waals surface area contributed by atoms with E-state index in [0.29, 0.717) is 12.5 Å². The molecule has 0 unspecified atom stereocenters. The van der Waals surface area contributed by atoms with Gasteiger partial charge in [0.05, 0.1) is 12.8 Å². The maximum absolute atomic E-state index is 13.0. The van der Waals surface area contributed by atoms with Crippen molar-refractivity contribution in [3.63, 3.8) is 0 Å². The highest BCUT2D eigenvalue weighted by Crippen LogP contribution is 2.20. The van der Waals surface area contributed by atoms with Crippen LogP contribution in [0, 0.1) is 11.7 Å². The van der Waals surface area contributed by atoms with E-state index in [0.717, 1.165) is 37.4 Å². The molecule has 0 saturated carbocycles. The first-order valence-corrected chi connectivity index (χ1v) is 8.07. The van der Waals surface area contributed by atoms with Gasteiger partial charge in [-0.2, -0.15) is 0 Å². The van der Waals surface area contributed by atoms with E-state index in [2.05, 4.69) is 15.2 Å². The number of likely N-dealkylation sites (tertiary alicyclic amines) is 1. The summed E-state index contributed by atoms with van der Waals surface area (Å²) in [6.07, 6.45) is 4.35. The van der Waals surface area contributed by atoms with E-state index in [9.17, 15) is 4.39 Å². The smallest absolute Gasteiger partial charge is 0.123 e. The summed E-state index contributed by atoms with van der Waals surface area (Å²) in [5.74, 6) is 0.393. The number of hydrogen-bond acceptors (Lipinski definition) is 4. The molecule has 1 atom stereocenters. The second kappa shape index (κ2) is 7.66. The molecule has 0 spiro atoms. The minimum atomic E-state index is -0.177. The molecule has 0 radical (unpaired) electrons. The molecule has 1 aliphatic heterocycles. The Kier molecular flexibility index (Phi) is 5.35. The first-order valence-electron chi connectivity index (χ1n) is 8.07. The minimum absolute atomic E-state index is 0.177. The third kappa shape index (κ3) is 4.59. The van der Waals surface area contributed by atoms with Gasteiger partial charge in [-0.25, -0.2) is 4.39 Å². The van der Waals surface area contributed by atoms with Gasteiger partial charge in [-0.1, -0.05) is 17.3 Å². The molecule has 1 saturated heterocycles. The molecule has 1 fully saturated rings. The van der Waals surface area contributed by atoms with Crippen LogP contribution in [0.15, 0.2) is 30.5 Å². The van der Waals surface area contributed by atoms with Crippen LogP contribution in [0.2, 0.25) is 0 Å². The summed E-state index contributed by atoms with van der Waals surface area (Å²) in [4.78, 5) is 2.44. The lowest BCUT2D eigenvalue weighted by molar-refractivity contribution is 0.152. The van der Waals surface area contributed by atoms with E-state index in [1.165, 1.54) is 25.0 Å². The van der Waals surface area contributed by atoms with Gasteiger partial charge < -0.3 is 4.74 Å².